The highest BCUT2D eigenvalue weighted by molar-refractivity contribution is 8.18. The van der Waals surface area contributed by atoms with Crippen LogP contribution < -0.4 is 9.47 Å². The Hall–Kier alpha value is -3.84. The first-order chi connectivity index (χ1) is 17.0. The number of hydrogen-bond donors (Lipinski definition) is 0. The van der Waals surface area contributed by atoms with Gasteiger partial charge in [-0.1, -0.05) is 54.6 Å². The molecule has 1 heterocycles. The molecule has 1 saturated heterocycles. The topological polar surface area (TPSA) is 55.8 Å². The molecule has 0 unspecified atom stereocenters. The zero-order valence-corrected chi connectivity index (χ0v) is 20.0. The van der Waals surface area contributed by atoms with E-state index in [1.54, 1.807) is 43.5 Å². The van der Waals surface area contributed by atoms with Crippen molar-refractivity contribution in [3.05, 3.63) is 112 Å². The van der Waals surface area contributed by atoms with Crippen LogP contribution in [0.1, 0.15) is 22.3 Å². The summed E-state index contributed by atoms with van der Waals surface area (Å²) in [5.74, 6) is 0.190. The SMILES string of the molecule is C=CCc1cc(/C=C2\SC(=O)N(Cc3ccccc3F)C2=O)cc(OC)c1OCc1ccccc1. The summed E-state index contributed by atoms with van der Waals surface area (Å²) in [6.45, 7) is 4.08. The summed E-state index contributed by atoms with van der Waals surface area (Å²) in [5, 5.41) is -0.439. The molecule has 0 N–H and O–H groups in total. The predicted molar refractivity (Wildman–Crippen MR) is 136 cm³/mol. The van der Waals surface area contributed by atoms with E-state index in [2.05, 4.69) is 6.58 Å². The molecule has 2 amide bonds. The Kier molecular flexibility index (Phi) is 7.67. The van der Waals surface area contributed by atoms with Crippen molar-refractivity contribution in [2.45, 2.75) is 19.6 Å². The van der Waals surface area contributed by atoms with Gasteiger partial charge in [0.15, 0.2) is 11.5 Å². The Balaban J connectivity index is 1.60. The van der Waals surface area contributed by atoms with Crippen LogP contribution in [0.2, 0.25) is 0 Å². The number of carbonyl (C=O) groups excluding carboxylic acids is 2. The predicted octanol–water partition coefficient (Wildman–Crippen LogP) is 6.38. The maximum absolute atomic E-state index is 14.0. The fourth-order valence-corrected chi connectivity index (χ4v) is 4.54. The summed E-state index contributed by atoms with van der Waals surface area (Å²) in [5.41, 5.74) is 2.83. The molecule has 0 spiro atoms. The van der Waals surface area contributed by atoms with E-state index in [1.165, 1.54) is 6.07 Å². The third kappa shape index (κ3) is 5.63. The van der Waals surface area contributed by atoms with E-state index in [-0.39, 0.29) is 17.0 Å². The third-order valence-corrected chi connectivity index (χ3v) is 6.33. The number of halogens is 1. The Labute approximate surface area is 207 Å². The molecule has 1 aliphatic heterocycles. The van der Waals surface area contributed by atoms with E-state index in [1.807, 2.05) is 36.4 Å². The average molecular weight is 490 g/mol. The summed E-state index contributed by atoms with van der Waals surface area (Å²) in [6.07, 6.45) is 3.93. The van der Waals surface area contributed by atoms with Gasteiger partial charge in [-0.3, -0.25) is 14.5 Å². The van der Waals surface area contributed by atoms with Crippen LogP contribution in [0.3, 0.4) is 0 Å². The highest BCUT2D eigenvalue weighted by atomic mass is 32.2. The van der Waals surface area contributed by atoms with Crippen molar-refractivity contribution < 1.29 is 23.5 Å². The zero-order valence-electron chi connectivity index (χ0n) is 19.2. The van der Waals surface area contributed by atoms with E-state index >= 15 is 0 Å². The lowest BCUT2D eigenvalue weighted by atomic mass is 10.0. The van der Waals surface area contributed by atoms with Crippen LogP contribution in [-0.2, 0) is 24.4 Å². The number of benzene rings is 3. The van der Waals surface area contributed by atoms with Gasteiger partial charge in [-0.25, -0.2) is 4.39 Å². The first kappa shape index (κ1) is 24.3. The lowest BCUT2D eigenvalue weighted by molar-refractivity contribution is -0.123. The molecule has 0 aromatic heterocycles. The van der Waals surface area contributed by atoms with E-state index in [4.69, 9.17) is 9.47 Å². The van der Waals surface area contributed by atoms with Crippen LogP contribution in [0.4, 0.5) is 9.18 Å². The number of amides is 2. The van der Waals surface area contributed by atoms with Crippen molar-refractivity contribution in [3.8, 4) is 11.5 Å². The van der Waals surface area contributed by atoms with Crippen molar-refractivity contribution >= 4 is 29.0 Å². The van der Waals surface area contributed by atoms with Crippen LogP contribution in [0.15, 0.2) is 84.3 Å². The number of allylic oxidation sites excluding steroid dienone is 1. The molecule has 0 bridgehead atoms. The first-order valence-electron chi connectivity index (χ1n) is 11.0. The maximum atomic E-state index is 14.0. The van der Waals surface area contributed by atoms with E-state index in [9.17, 15) is 14.0 Å². The molecule has 3 aromatic rings. The normalized spacial score (nSPS) is 14.5. The second-order valence-electron chi connectivity index (χ2n) is 7.84. The molecule has 178 valence electrons. The van der Waals surface area contributed by atoms with Crippen molar-refractivity contribution in [2.24, 2.45) is 0 Å². The quantitative estimate of drug-likeness (QED) is 0.258. The second-order valence-corrected chi connectivity index (χ2v) is 8.83. The molecule has 4 rings (SSSR count). The number of thioether (sulfide) groups is 1. The summed E-state index contributed by atoms with van der Waals surface area (Å²) in [6, 6.07) is 19.5. The summed E-state index contributed by atoms with van der Waals surface area (Å²) >= 11 is 0.830. The summed E-state index contributed by atoms with van der Waals surface area (Å²) in [4.78, 5) is 26.8. The summed E-state index contributed by atoms with van der Waals surface area (Å²) in [7, 11) is 1.55. The molecular formula is C28H24FNO4S. The number of nitrogens with zero attached hydrogens (tertiary/aromatic N) is 1. The van der Waals surface area contributed by atoms with Gasteiger partial charge in [-0.2, -0.15) is 0 Å². The average Bonchev–Trinajstić information content (AvgIpc) is 3.12. The minimum Gasteiger partial charge on any atom is -0.493 e. The number of carbonyl (C=O) groups is 2. The van der Waals surface area contributed by atoms with Gasteiger partial charge in [-0.15, -0.1) is 6.58 Å². The van der Waals surface area contributed by atoms with Crippen LogP contribution in [-0.4, -0.2) is 23.2 Å². The van der Waals surface area contributed by atoms with Gasteiger partial charge in [-0.05, 0) is 53.6 Å². The number of hydrogen-bond acceptors (Lipinski definition) is 5. The highest BCUT2D eigenvalue weighted by Crippen LogP contribution is 2.38. The van der Waals surface area contributed by atoms with Gasteiger partial charge in [0.25, 0.3) is 11.1 Å². The van der Waals surface area contributed by atoms with Gasteiger partial charge >= 0.3 is 0 Å². The van der Waals surface area contributed by atoms with Crippen molar-refractivity contribution in [1.29, 1.82) is 0 Å². The Morgan fingerprint density at radius 2 is 1.77 bits per heavy atom. The minimum absolute atomic E-state index is 0.119. The zero-order chi connectivity index (χ0) is 24.8. The van der Waals surface area contributed by atoms with Crippen LogP contribution >= 0.6 is 11.8 Å². The van der Waals surface area contributed by atoms with Gasteiger partial charge in [0.1, 0.15) is 12.4 Å². The molecule has 0 aliphatic carbocycles. The lowest BCUT2D eigenvalue weighted by Gasteiger charge is -2.16. The number of methoxy groups -OCH3 is 1. The molecule has 3 aromatic carbocycles. The molecule has 0 radical (unpaired) electrons. The largest absolute Gasteiger partial charge is 0.493 e. The third-order valence-electron chi connectivity index (χ3n) is 5.42. The molecule has 35 heavy (non-hydrogen) atoms. The van der Waals surface area contributed by atoms with Crippen molar-refractivity contribution in [1.82, 2.24) is 4.90 Å². The number of rotatable bonds is 9. The van der Waals surface area contributed by atoms with Gasteiger partial charge < -0.3 is 9.47 Å². The lowest BCUT2D eigenvalue weighted by Crippen LogP contribution is -2.27. The highest BCUT2D eigenvalue weighted by Gasteiger charge is 2.35. The van der Waals surface area contributed by atoms with E-state index < -0.39 is 17.0 Å². The van der Waals surface area contributed by atoms with Crippen molar-refractivity contribution in [2.75, 3.05) is 7.11 Å². The molecule has 0 atom stereocenters. The first-order valence-corrected chi connectivity index (χ1v) is 11.8. The fraction of sp³-hybridized carbons (Fsp3) is 0.143. The van der Waals surface area contributed by atoms with Gasteiger partial charge in [0, 0.05) is 11.1 Å². The Morgan fingerprint density at radius 1 is 1.03 bits per heavy atom. The molecule has 1 aliphatic rings. The smallest absolute Gasteiger partial charge is 0.293 e. The standard InChI is InChI=1S/C28H24FNO4S/c1-3-9-21-14-20(15-24(33-2)26(21)34-18-19-10-5-4-6-11-19)16-25-27(31)30(28(32)35-25)17-22-12-7-8-13-23(22)29/h3-8,10-16H,1,9,17-18H2,2H3/b25-16-. The second kappa shape index (κ2) is 11.1. The fourth-order valence-electron chi connectivity index (χ4n) is 3.70. The van der Waals surface area contributed by atoms with E-state index in [0.29, 0.717) is 30.1 Å². The Morgan fingerprint density at radius 3 is 2.49 bits per heavy atom. The molecule has 1 fully saturated rings. The minimum atomic E-state index is -0.461. The molecule has 5 nitrogen and oxygen atoms in total. The molecular weight excluding hydrogens is 465 g/mol. The number of ether oxygens (including phenoxy) is 2. The maximum Gasteiger partial charge on any atom is 0.293 e. The number of imide groups is 1. The van der Waals surface area contributed by atoms with Crippen LogP contribution in [0, 0.1) is 5.82 Å². The van der Waals surface area contributed by atoms with Crippen molar-refractivity contribution in [3.63, 3.8) is 0 Å². The van der Waals surface area contributed by atoms with Gasteiger partial charge in [0.2, 0.25) is 0 Å². The summed E-state index contributed by atoms with van der Waals surface area (Å²) < 4.78 is 25.7. The van der Waals surface area contributed by atoms with Crippen LogP contribution in [0.25, 0.3) is 6.08 Å². The Bertz CT molecular complexity index is 1290. The monoisotopic (exact) mass is 489 g/mol. The molecule has 0 saturated carbocycles. The van der Waals surface area contributed by atoms with E-state index in [0.717, 1.165) is 27.8 Å². The molecule has 7 heteroatoms. The van der Waals surface area contributed by atoms with Crippen LogP contribution in [0.5, 0.6) is 11.5 Å². The van der Waals surface area contributed by atoms with Gasteiger partial charge in [0.05, 0.1) is 18.6 Å².